The summed E-state index contributed by atoms with van der Waals surface area (Å²) in [5.41, 5.74) is 5.11. The topological polar surface area (TPSA) is 119 Å². The van der Waals surface area contributed by atoms with Gasteiger partial charge in [-0.05, 0) is 57.5 Å². The fraction of sp³-hybridized carbons (Fsp3) is 0.304. The maximum absolute atomic E-state index is 13.7. The molecule has 2 amide bonds. The zero-order valence-electron chi connectivity index (χ0n) is 18.3. The van der Waals surface area contributed by atoms with Gasteiger partial charge in [-0.15, -0.1) is 0 Å². The molecule has 32 heavy (non-hydrogen) atoms. The molecule has 0 saturated heterocycles. The standard InChI is InChI=1S/C23H25ClN4O4/c1-5-17(28(22(31)32)23(2,3)4)20-26-16-11-7-10-15(24)18(16)21(30)27(20)14-9-6-8-13(12-14)19(25)29/h6-12,17H,5H2,1-4H3,(H2,25,29)(H,31,32)/t17-/m0/s1. The van der Waals surface area contributed by atoms with Gasteiger partial charge in [-0.2, -0.15) is 0 Å². The summed E-state index contributed by atoms with van der Waals surface area (Å²) in [5, 5.41) is 10.4. The summed E-state index contributed by atoms with van der Waals surface area (Å²) in [6, 6.07) is 10.4. The summed E-state index contributed by atoms with van der Waals surface area (Å²) < 4.78 is 1.32. The van der Waals surface area contributed by atoms with E-state index in [0.29, 0.717) is 17.6 Å². The lowest BCUT2D eigenvalue weighted by Crippen LogP contribution is -2.48. The predicted octanol–water partition coefficient (Wildman–Crippen LogP) is 4.37. The first-order valence-corrected chi connectivity index (χ1v) is 10.5. The monoisotopic (exact) mass is 456 g/mol. The molecule has 0 fully saturated rings. The number of halogens is 1. The Labute approximate surface area is 190 Å². The van der Waals surface area contributed by atoms with Crippen LogP contribution in [0.5, 0.6) is 0 Å². The highest BCUT2D eigenvalue weighted by Gasteiger charge is 2.36. The second-order valence-electron chi connectivity index (χ2n) is 8.41. The van der Waals surface area contributed by atoms with Gasteiger partial charge in [0.15, 0.2) is 0 Å². The molecule has 0 unspecified atom stereocenters. The average Bonchev–Trinajstić information content (AvgIpc) is 2.70. The fourth-order valence-corrected chi connectivity index (χ4v) is 4.10. The second-order valence-corrected chi connectivity index (χ2v) is 8.81. The molecule has 1 aromatic heterocycles. The molecule has 1 heterocycles. The fourth-order valence-electron chi connectivity index (χ4n) is 3.85. The SMILES string of the molecule is CC[C@@H](c1nc2cccc(Cl)c2c(=O)n1-c1cccc(C(N)=O)c1)N(C(=O)O)C(C)(C)C. The molecule has 3 N–H and O–H groups in total. The van der Waals surface area contributed by atoms with Crippen LogP contribution < -0.4 is 11.3 Å². The van der Waals surface area contributed by atoms with Crippen molar-refractivity contribution >= 4 is 34.5 Å². The summed E-state index contributed by atoms with van der Waals surface area (Å²) in [7, 11) is 0. The first kappa shape index (κ1) is 23.3. The van der Waals surface area contributed by atoms with Crippen molar-refractivity contribution in [2.45, 2.75) is 45.7 Å². The van der Waals surface area contributed by atoms with E-state index >= 15 is 0 Å². The van der Waals surface area contributed by atoms with E-state index in [1.807, 2.05) is 6.92 Å². The molecular weight excluding hydrogens is 432 g/mol. The minimum atomic E-state index is -1.14. The molecule has 8 nitrogen and oxygen atoms in total. The van der Waals surface area contributed by atoms with Crippen LogP contribution in [0.25, 0.3) is 16.6 Å². The minimum absolute atomic E-state index is 0.204. The molecule has 2 aromatic carbocycles. The second kappa shape index (κ2) is 8.63. The molecule has 9 heteroatoms. The van der Waals surface area contributed by atoms with E-state index < -0.39 is 29.1 Å². The lowest BCUT2D eigenvalue weighted by molar-refractivity contribution is 0.0646. The number of carboxylic acid groups (broad SMARTS) is 1. The normalized spacial score (nSPS) is 12.5. The third kappa shape index (κ3) is 4.18. The van der Waals surface area contributed by atoms with E-state index in [4.69, 9.17) is 22.3 Å². The van der Waals surface area contributed by atoms with E-state index in [1.165, 1.54) is 21.6 Å². The highest BCUT2D eigenvalue weighted by Crippen LogP contribution is 2.32. The van der Waals surface area contributed by atoms with Crippen LogP contribution >= 0.6 is 11.6 Å². The molecule has 3 aromatic rings. The van der Waals surface area contributed by atoms with Gasteiger partial charge in [0, 0.05) is 11.1 Å². The van der Waals surface area contributed by atoms with E-state index in [0.717, 1.165) is 0 Å². The summed E-state index contributed by atoms with van der Waals surface area (Å²) in [6.45, 7) is 7.15. The lowest BCUT2D eigenvalue weighted by atomic mass is 10.0. The maximum atomic E-state index is 13.7. The molecule has 1 atom stereocenters. The number of carbonyl (C=O) groups excluding carboxylic acids is 1. The van der Waals surface area contributed by atoms with E-state index in [1.54, 1.807) is 51.1 Å². The zero-order valence-corrected chi connectivity index (χ0v) is 19.1. The molecule has 0 aliphatic heterocycles. The number of hydrogen-bond acceptors (Lipinski definition) is 4. The molecule has 0 spiro atoms. The van der Waals surface area contributed by atoms with Crippen LogP contribution in [0.4, 0.5) is 4.79 Å². The predicted molar refractivity (Wildman–Crippen MR) is 124 cm³/mol. The van der Waals surface area contributed by atoms with E-state index in [9.17, 15) is 19.5 Å². The number of fused-ring (bicyclic) bond motifs is 1. The quantitative estimate of drug-likeness (QED) is 0.591. The van der Waals surface area contributed by atoms with Crippen LogP contribution in [0.3, 0.4) is 0 Å². The lowest BCUT2D eigenvalue weighted by Gasteiger charge is -2.39. The molecular formula is C23H25ClN4O4. The Morgan fingerprint density at radius 1 is 1.22 bits per heavy atom. The molecule has 0 radical (unpaired) electrons. The number of primary amides is 1. The summed E-state index contributed by atoms with van der Waals surface area (Å²) in [6.07, 6.45) is -0.778. The molecule has 0 aliphatic rings. The third-order valence-corrected chi connectivity index (χ3v) is 5.50. The van der Waals surface area contributed by atoms with Crippen molar-refractivity contribution in [3.63, 3.8) is 0 Å². The van der Waals surface area contributed by atoms with Gasteiger partial charge >= 0.3 is 6.09 Å². The van der Waals surface area contributed by atoms with E-state index in [2.05, 4.69) is 0 Å². The van der Waals surface area contributed by atoms with Crippen LogP contribution in [-0.4, -0.2) is 37.1 Å². The largest absolute Gasteiger partial charge is 0.465 e. The number of rotatable bonds is 5. The van der Waals surface area contributed by atoms with Crippen molar-refractivity contribution < 1.29 is 14.7 Å². The Balaban J connectivity index is 2.45. The molecule has 0 aliphatic carbocycles. The van der Waals surface area contributed by atoms with E-state index in [-0.39, 0.29) is 21.8 Å². The van der Waals surface area contributed by atoms with Gasteiger partial charge < -0.3 is 10.8 Å². The highest BCUT2D eigenvalue weighted by atomic mass is 35.5. The van der Waals surface area contributed by atoms with Gasteiger partial charge in [0.05, 0.1) is 27.7 Å². The van der Waals surface area contributed by atoms with Gasteiger partial charge in [-0.25, -0.2) is 9.78 Å². The first-order chi connectivity index (χ1) is 15.0. The maximum Gasteiger partial charge on any atom is 0.408 e. The Morgan fingerprint density at radius 2 is 1.88 bits per heavy atom. The Bertz CT molecular complexity index is 1260. The number of aromatic nitrogens is 2. The van der Waals surface area contributed by atoms with Crippen molar-refractivity contribution in [2.24, 2.45) is 5.73 Å². The average molecular weight is 457 g/mol. The molecule has 0 bridgehead atoms. The molecule has 168 valence electrons. The van der Waals surface area contributed by atoms with Crippen molar-refractivity contribution in [2.75, 3.05) is 0 Å². The number of benzene rings is 2. The number of nitrogens with zero attached hydrogens (tertiary/aromatic N) is 3. The Hall–Kier alpha value is -3.39. The van der Waals surface area contributed by atoms with Crippen LogP contribution in [0.15, 0.2) is 47.3 Å². The van der Waals surface area contributed by atoms with Crippen molar-refractivity contribution in [1.82, 2.24) is 14.5 Å². The molecule has 0 saturated carbocycles. The van der Waals surface area contributed by atoms with Gasteiger partial charge in [-0.3, -0.25) is 19.1 Å². The summed E-state index contributed by atoms with van der Waals surface area (Å²) >= 11 is 6.32. The summed E-state index contributed by atoms with van der Waals surface area (Å²) in [5.74, 6) is -0.423. The van der Waals surface area contributed by atoms with Crippen LogP contribution in [-0.2, 0) is 0 Å². The third-order valence-electron chi connectivity index (χ3n) is 5.19. The minimum Gasteiger partial charge on any atom is -0.465 e. The van der Waals surface area contributed by atoms with Crippen LogP contribution in [0.2, 0.25) is 5.02 Å². The number of hydrogen-bond donors (Lipinski definition) is 2. The van der Waals surface area contributed by atoms with Crippen LogP contribution in [0, 0.1) is 0 Å². The summed E-state index contributed by atoms with van der Waals surface area (Å²) in [4.78, 5) is 43.6. The smallest absolute Gasteiger partial charge is 0.408 e. The first-order valence-electron chi connectivity index (χ1n) is 10.1. The van der Waals surface area contributed by atoms with Crippen molar-refractivity contribution in [3.8, 4) is 5.69 Å². The van der Waals surface area contributed by atoms with Crippen molar-refractivity contribution in [3.05, 3.63) is 69.2 Å². The Morgan fingerprint density at radius 3 is 2.44 bits per heavy atom. The van der Waals surface area contributed by atoms with Gasteiger partial charge in [0.1, 0.15) is 5.82 Å². The zero-order chi connectivity index (χ0) is 23.8. The van der Waals surface area contributed by atoms with Gasteiger partial charge in [0.25, 0.3) is 5.56 Å². The van der Waals surface area contributed by atoms with Crippen LogP contribution in [0.1, 0.15) is 56.3 Å². The molecule has 3 rings (SSSR count). The highest BCUT2D eigenvalue weighted by molar-refractivity contribution is 6.35. The number of amides is 2. The number of carbonyl (C=O) groups is 2. The number of nitrogens with two attached hydrogens (primary N) is 1. The van der Waals surface area contributed by atoms with Gasteiger partial charge in [0.2, 0.25) is 5.91 Å². The van der Waals surface area contributed by atoms with Gasteiger partial charge in [-0.1, -0.05) is 30.7 Å². The van der Waals surface area contributed by atoms with Crippen molar-refractivity contribution in [1.29, 1.82) is 0 Å². The Kier molecular flexibility index (Phi) is 6.27.